The molecule has 3 nitrogen and oxygen atoms in total. The number of nitrogens with two attached hydrogens (primary N) is 1. The first-order chi connectivity index (χ1) is 8.81. The monoisotopic (exact) mass is 282 g/mol. The number of anilines is 1. The predicted octanol–water partition coefficient (Wildman–Crippen LogP) is 3.68. The van der Waals surface area contributed by atoms with Crippen molar-refractivity contribution in [1.29, 1.82) is 0 Å². The number of amides is 1. The minimum atomic E-state index is -0.0419. The molecule has 0 fully saturated rings. The number of hydrogen-bond acceptors (Lipinski definition) is 2. The van der Waals surface area contributed by atoms with Crippen LogP contribution in [0.25, 0.3) is 0 Å². The number of rotatable bonds is 5. The molecular weight excluding hydrogens is 260 g/mol. The van der Waals surface area contributed by atoms with Gasteiger partial charge in [-0.05, 0) is 30.0 Å². The highest BCUT2D eigenvalue weighted by molar-refractivity contribution is 6.34. The first-order valence-corrected chi connectivity index (χ1v) is 7.03. The average Bonchev–Trinajstić information content (AvgIpc) is 2.29. The third-order valence-corrected chi connectivity index (χ3v) is 3.01. The van der Waals surface area contributed by atoms with Crippen molar-refractivity contribution in [3.05, 3.63) is 28.8 Å². The number of hydrogen-bond donors (Lipinski definition) is 1. The van der Waals surface area contributed by atoms with E-state index in [1.54, 1.807) is 18.2 Å². The van der Waals surface area contributed by atoms with E-state index in [9.17, 15) is 4.79 Å². The molecule has 106 valence electrons. The van der Waals surface area contributed by atoms with E-state index < -0.39 is 0 Å². The topological polar surface area (TPSA) is 46.3 Å². The smallest absolute Gasteiger partial charge is 0.255 e. The van der Waals surface area contributed by atoms with Gasteiger partial charge in [0.2, 0.25) is 0 Å². The number of carbonyl (C=O) groups excluding carboxylic acids is 1. The molecule has 1 amide bonds. The second-order valence-electron chi connectivity index (χ2n) is 5.74. The Morgan fingerprint density at radius 1 is 1.21 bits per heavy atom. The summed E-state index contributed by atoms with van der Waals surface area (Å²) in [6, 6.07) is 5.03. The van der Waals surface area contributed by atoms with E-state index in [0.29, 0.717) is 28.1 Å². The Hall–Kier alpha value is -1.22. The van der Waals surface area contributed by atoms with Gasteiger partial charge < -0.3 is 10.6 Å². The van der Waals surface area contributed by atoms with Gasteiger partial charge in [-0.15, -0.1) is 0 Å². The number of nitrogen functional groups attached to an aromatic ring is 1. The molecule has 0 aliphatic heterocycles. The van der Waals surface area contributed by atoms with Crippen LogP contribution in [0.5, 0.6) is 0 Å². The van der Waals surface area contributed by atoms with Gasteiger partial charge in [-0.2, -0.15) is 0 Å². The van der Waals surface area contributed by atoms with Crippen LogP contribution in [0.1, 0.15) is 38.1 Å². The molecule has 1 rings (SSSR count). The van der Waals surface area contributed by atoms with Crippen molar-refractivity contribution in [2.75, 3.05) is 18.8 Å². The normalized spacial score (nSPS) is 11.1. The van der Waals surface area contributed by atoms with Gasteiger partial charge in [0.05, 0.1) is 10.6 Å². The van der Waals surface area contributed by atoms with Crippen LogP contribution in [0.15, 0.2) is 18.2 Å². The van der Waals surface area contributed by atoms with Crippen molar-refractivity contribution < 1.29 is 4.79 Å². The van der Waals surface area contributed by atoms with Gasteiger partial charge in [0, 0.05) is 18.8 Å². The van der Waals surface area contributed by atoms with E-state index in [1.165, 1.54) is 0 Å². The van der Waals surface area contributed by atoms with Crippen LogP contribution in [0.2, 0.25) is 5.02 Å². The molecule has 4 heteroatoms. The summed E-state index contributed by atoms with van der Waals surface area (Å²) in [5.41, 5.74) is 6.78. The van der Waals surface area contributed by atoms with Crippen molar-refractivity contribution in [2.45, 2.75) is 27.7 Å². The molecule has 0 aliphatic carbocycles. The van der Waals surface area contributed by atoms with Crippen LogP contribution in [0.4, 0.5) is 5.69 Å². The van der Waals surface area contributed by atoms with E-state index in [-0.39, 0.29) is 5.91 Å². The molecule has 0 unspecified atom stereocenters. The Kier molecular flexibility index (Phi) is 5.67. The minimum absolute atomic E-state index is 0.0419. The van der Waals surface area contributed by atoms with Crippen molar-refractivity contribution in [1.82, 2.24) is 4.90 Å². The lowest BCUT2D eigenvalue weighted by atomic mass is 10.1. The highest BCUT2D eigenvalue weighted by Gasteiger charge is 2.20. The lowest BCUT2D eigenvalue weighted by Crippen LogP contribution is -2.37. The summed E-state index contributed by atoms with van der Waals surface area (Å²) in [5, 5.41) is 0.455. The van der Waals surface area contributed by atoms with E-state index >= 15 is 0 Å². The number of carbonyl (C=O) groups is 1. The Bertz CT molecular complexity index is 434. The zero-order valence-corrected chi connectivity index (χ0v) is 12.9. The maximum Gasteiger partial charge on any atom is 0.255 e. The summed E-state index contributed by atoms with van der Waals surface area (Å²) >= 11 is 6.11. The Labute approximate surface area is 120 Å². The van der Waals surface area contributed by atoms with Gasteiger partial charge in [0.1, 0.15) is 0 Å². The predicted molar refractivity (Wildman–Crippen MR) is 81.4 cm³/mol. The lowest BCUT2D eigenvalue weighted by molar-refractivity contribution is 0.0715. The van der Waals surface area contributed by atoms with Crippen LogP contribution in [-0.2, 0) is 0 Å². The van der Waals surface area contributed by atoms with Crippen molar-refractivity contribution in [3.63, 3.8) is 0 Å². The SMILES string of the molecule is CC(C)CN(CC(C)C)C(=O)c1cc(N)ccc1Cl. The summed E-state index contributed by atoms with van der Waals surface area (Å²) in [6.45, 7) is 9.84. The quantitative estimate of drug-likeness (QED) is 0.838. The van der Waals surface area contributed by atoms with Gasteiger partial charge >= 0.3 is 0 Å². The number of halogens is 1. The van der Waals surface area contributed by atoms with Crippen LogP contribution in [-0.4, -0.2) is 23.9 Å². The molecule has 1 aromatic carbocycles. The summed E-state index contributed by atoms with van der Waals surface area (Å²) in [6.07, 6.45) is 0. The fourth-order valence-electron chi connectivity index (χ4n) is 2.00. The second kappa shape index (κ2) is 6.80. The van der Waals surface area contributed by atoms with Crippen LogP contribution in [0.3, 0.4) is 0 Å². The largest absolute Gasteiger partial charge is 0.399 e. The molecule has 1 aromatic rings. The highest BCUT2D eigenvalue weighted by atomic mass is 35.5. The van der Waals surface area contributed by atoms with Gasteiger partial charge in [0.15, 0.2) is 0 Å². The fourth-order valence-corrected chi connectivity index (χ4v) is 2.20. The van der Waals surface area contributed by atoms with Crippen LogP contribution < -0.4 is 5.73 Å². The summed E-state index contributed by atoms with van der Waals surface area (Å²) < 4.78 is 0. The molecular formula is C15H23ClN2O. The summed E-state index contributed by atoms with van der Waals surface area (Å²) in [4.78, 5) is 14.4. The number of nitrogens with zero attached hydrogens (tertiary/aromatic N) is 1. The third kappa shape index (κ3) is 4.75. The molecule has 0 heterocycles. The van der Waals surface area contributed by atoms with Crippen LogP contribution >= 0.6 is 11.6 Å². The van der Waals surface area contributed by atoms with Crippen molar-refractivity contribution >= 4 is 23.2 Å². The van der Waals surface area contributed by atoms with Gasteiger partial charge in [-0.25, -0.2) is 0 Å². The minimum Gasteiger partial charge on any atom is -0.399 e. The molecule has 0 aromatic heterocycles. The number of benzene rings is 1. The first-order valence-electron chi connectivity index (χ1n) is 6.65. The molecule has 2 N–H and O–H groups in total. The molecule has 0 aliphatic rings. The zero-order chi connectivity index (χ0) is 14.6. The standard InChI is InChI=1S/C15H23ClN2O/c1-10(2)8-18(9-11(3)4)15(19)13-7-12(17)5-6-14(13)16/h5-7,10-11H,8-9,17H2,1-4H3. The molecule has 19 heavy (non-hydrogen) atoms. The zero-order valence-electron chi connectivity index (χ0n) is 12.1. The summed E-state index contributed by atoms with van der Waals surface area (Å²) in [7, 11) is 0. The summed E-state index contributed by atoms with van der Waals surface area (Å²) in [5.74, 6) is 0.796. The first kappa shape index (κ1) is 15.8. The second-order valence-corrected chi connectivity index (χ2v) is 6.14. The molecule has 0 atom stereocenters. The van der Waals surface area contributed by atoms with Gasteiger partial charge in [0.25, 0.3) is 5.91 Å². The average molecular weight is 283 g/mol. The Balaban J connectivity index is 3.00. The maximum atomic E-state index is 12.6. The van der Waals surface area contributed by atoms with Gasteiger partial charge in [-0.1, -0.05) is 39.3 Å². The molecule has 0 saturated heterocycles. The Morgan fingerprint density at radius 3 is 2.21 bits per heavy atom. The van der Waals surface area contributed by atoms with E-state index in [4.69, 9.17) is 17.3 Å². The van der Waals surface area contributed by atoms with E-state index in [0.717, 1.165) is 13.1 Å². The third-order valence-electron chi connectivity index (χ3n) is 2.68. The van der Waals surface area contributed by atoms with E-state index in [1.807, 2.05) is 4.90 Å². The van der Waals surface area contributed by atoms with E-state index in [2.05, 4.69) is 27.7 Å². The Morgan fingerprint density at radius 2 is 1.74 bits per heavy atom. The van der Waals surface area contributed by atoms with Gasteiger partial charge in [-0.3, -0.25) is 4.79 Å². The van der Waals surface area contributed by atoms with Crippen molar-refractivity contribution in [2.24, 2.45) is 11.8 Å². The molecule has 0 saturated carbocycles. The highest BCUT2D eigenvalue weighted by Crippen LogP contribution is 2.21. The molecule has 0 radical (unpaired) electrons. The maximum absolute atomic E-state index is 12.6. The van der Waals surface area contributed by atoms with Crippen molar-refractivity contribution in [3.8, 4) is 0 Å². The molecule has 0 bridgehead atoms. The lowest BCUT2D eigenvalue weighted by Gasteiger charge is -2.27. The fraction of sp³-hybridized carbons (Fsp3) is 0.533. The molecule has 0 spiro atoms. The van der Waals surface area contributed by atoms with Crippen LogP contribution in [0, 0.1) is 11.8 Å².